The van der Waals surface area contributed by atoms with Gasteiger partial charge in [0.25, 0.3) is 0 Å². The number of nitrogens with zero attached hydrogens (tertiary/aromatic N) is 5. The Balaban J connectivity index is 0.00000324. The number of carbonyl (C=O) groups is 2. The van der Waals surface area contributed by atoms with E-state index in [0.717, 1.165) is 12.8 Å². The number of para-hydroxylation sites is 1. The summed E-state index contributed by atoms with van der Waals surface area (Å²) in [5.74, 6) is -1.53. The smallest absolute Gasteiger partial charge is 0.358 e. The predicted molar refractivity (Wildman–Crippen MR) is 107 cm³/mol. The quantitative estimate of drug-likeness (QED) is 0.435. The van der Waals surface area contributed by atoms with Crippen molar-refractivity contribution in [2.45, 2.75) is 12.8 Å². The molecule has 1 amide bonds. The van der Waals surface area contributed by atoms with E-state index in [1.807, 2.05) is 0 Å². The summed E-state index contributed by atoms with van der Waals surface area (Å²) in [6.07, 6.45) is 3.00. The molecule has 4 rings (SSSR count). The monoisotopic (exact) mass is 476 g/mol. The number of methoxy groups -OCH3 is 1. The maximum absolute atomic E-state index is 12.1. The molecule has 3 aromatic rings. The van der Waals surface area contributed by atoms with E-state index in [2.05, 4.69) is 30.9 Å². The van der Waals surface area contributed by atoms with Gasteiger partial charge in [-0.25, -0.2) is 9.78 Å². The van der Waals surface area contributed by atoms with E-state index >= 15 is 0 Å². The number of benzene rings is 1. The molecule has 1 aromatic carbocycles. The molecule has 0 bridgehead atoms. The van der Waals surface area contributed by atoms with Gasteiger partial charge in [-0.1, -0.05) is 6.07 Å². The van der Waals surface area contributed by atoms with E-state index in [-0.39, 0.29) is 65.6 Å². The molecule has 0 unspecified atom stereocenters. The van der Waals surface area contributed by atoms with E-state index in [1.165, 1.54) is 23.1 Å². The minimum Gasteiger partial charge on any atom is -0.494 e. The molecular weight excluding hydrogens is 456 g/mol. The second-order valence-electron chi connectivity index (χ2n) is 6.71. The van der Waals surface area contributed by atoms with Crippen LogP contribution in [0.25, 0.3) is 11.4 Å². The van der Waals surface area contributed by atoms with Gasteiger partial charge >= 0.3 is 5.97 Å². The van der Waals surface area contributed by atoms with Gasteiger partial charge in [-0.15, -0.1) is 10.2 Å². The Kier molecular flexibility index (Phi) is 5.44. The van der Waals surface area contributed by atoms with Gasteiger partial charge < -0.3 is 20.5 Å². The van der Waals surface area contributed by atoms with Crippen molar-refractivity contribution in [1.82, 2.24) is 25.0 Å². The van der Waals surface area contributed by atoms with Crippen molar-refractivity contribution >= 4 is 29.1 Å². The van der Waals surface area contributed by atoms with Crippen LogP contribution >= 0.6 is 0 Å². The zero-order chi connectivity index (χ0) is 23.8. The third-order valence-corrected chi connectivity index (χ3v) is 4.42. The van der Waals surface area contributed by atoms with Crippen LogP contribution in [-0.4, -0.2) is 49.0 Å². The number of aromatic nitrogens is 5. The zero-order valence-electron chi connectivity index (χ0n) is 19.5. The Morgan fingerprint density at radius 1 is 1.29 bits per heavy atom. The molecule has 1 aliphatic carbocycles. The van der Waals surface area contributed by atoms with Crippen molar-refractivity contribution < 1.29 is 43.0 Å². The topological polar surface area (TPSA) is 144 Å². The molecule has 156 valence electrons. The number of nitrogens with one attached hydrogen (secondary N) is 2. The number of hydrogen-bond donors (Lipinski definition) is 3. The van der Waals surface area contributed by atoms with E-state index in [0.29, 0.717) is 0 Å². The number of carboxylic acids is 1. The number of aromatic carboxylic acids is 1. The van der Waals surface area contributed by atoms with E-state index in [4.69, 9.17) is 8.85 Å². The molecule has 0 atom stereocenters. The average molecular weight is 478 g/mol. The van der Waals surface area contributed by atoms with Crippen LogP contribution in [0.4, 0.5) is 17.2 Å². The van der Waals surface area contributed by atoms with Crippen molar-refractivity contribution in [3.8, 4) is 17.1 Å². The van der Waals surface area contributed by atoms with Crippen LogP contribution in [0.15, 0.2) is 30.6 Å². The molecule has 3 N–H and O–H groups in total. The molecular formula is C19H19N7O4Zn. The Bertz CT molecular complexity index is 1230. The number of ether oxygens (including phenoxy) is 1. The fourth-order valence-corrected chi connectivity index (χ4v) is 2.81. The molecule has 0 aliphatic heterocycles. The van der Waals surface area contributed by atoms with Crippen molar-refractivity contribution in [2.75, 3.05) is 17.7 Å². The van der Waals surface area contributed by atoms with Crippen LogP contribution < -0.4 is 15.4 Å². The minimum absolute atomic E-state index is 0. The standard InChI is InChI=1S/C19H19N7O4.Zn/c1-26-9-20-17(25-26)11-4-3-5-12(16(11)30-2)21-13-8-14(22-18(27)10-6-7-10)23-24-15(13)19(28)29;/h3-5,8-10H,6-7H2,1-2H3,(H,28,29)(H2,21,22,23,27);/i2D3;. The van der Waals surface area contributed by atoms with E-state index < -0.39 is 18.7 Å². The number of amides is 1. The van der Waals surface area contributed by atoms with Gasteiger partial charge in [-0.05, 0) is 25.0 Å². The van der Waals surface area contributed by atoms with Gasteiger partial charge in [0.05, 0.1) is 28.1 Å². The van der Waals surface area contributed by atoms with Gasteiger partial charge in [0.1, 0.15) is 6.33 Å². The molecule has 12 heteroatoms. The maximum atomic E-state index is 12.1. The second-order valence-corrected chi connectivity index (χ2v) is 6.71. The van der Waals surface area contributed by atoms with Crippen molar-refractivity contribution in [2.24, 2.45) is 13.0 Å². The first-order valence-electron chi connectivity index (χ1n) is 10.5. The summed E-state index contributed by atoms with van der Waals surface area (Å²) in [6, 6.07) is 5.99. The summed E-state index contributed by atoms with van der Waals surface area (Å²) >= 11 is 0. The summed E-state index contributed by atoms with van der Waals surface area (Å²) in [6.45, 7) is 0. The minimum atomic E-state index is -2.81. The Hall–Kier alpha value is -3.40. The molecule has 0 spiro atoms. The molecule has 11 nitrogen and oxygen atoms in total. The first kappa shape index (κ1) is 18.4. The van der Waals surface area contributed by atoms with Crippen molar-refractivity contribution in [3.05, 3.63) is 36.3 Å². The predicted octanol–water partition coefficient (Wildman–Crippen LogP) is 2.07. The molecule has 1 aliphatic rings. The fourth-order valence-electron chi connectivity index (χ4n) is 2.81. The number of hydrogen-bond acceptors (Lipinski definition) is 8. The number of aryl methyl sites for hydroxylation is 1. The number of carboxylic acid groups (broad SMARTS) is 1. The van der Waals surface area contributed by atoms with Crippen LogP contribution in [0.2, 0.25) is 0 Å². The number of rotatable bonds is 7. The van der Waals surface area contributed by atoms with Crippen LogP contribution in [-0.2, 0) is 31.3 Å². The first-order chi connectivity index (χ1) is 15.6. The third-order valence-electron chi connectivity index (χ3n) is 4.42. The van der Waals surface area contributed by atoms with Gasteiger partial charge in [0, 0.05) is 38.5 Å². The van der Waals surface area contributed by atoms with Crippen LogP contribution in [0, 0.1) is 5.92 Å². The van der Waals surface area contributed by atoms with Gasteiger partial charge in [-0.2, -0.15) is 5.10 Å². The molecule has 2 aromatic heterocycles. The maximum Gasteiger partial charge on any atom is 0.358 e. The Morgan fingerprint density at radius 3 is 2.74 bits per heavy atom. The third kappa shape index (κ3) is 4.85. The summed E-state index contributed by atoms with van der Waals surface area (Å²) < 4.78 is 29.3. The normalized spacial score (nSPS) is 14.4. The SMILES string of the molecule is [2H]C([2H])([2H])Oc1c(Nc2cc(NC(=O)C3CC3)nnc2C(=O)O)cccc1-c1ncn(C)n1.[Zn]. The molecule has 31 heavy (non-hydrogen) atoms. The number of anilines is 3. The first-order valence-corrected chi connectivity index (χ1v) is 8.97. The molecule has 0 radical (unpaired) electrons. The summed E-state index contributed by atoms with van der Waals surface area (Å²) in [5, 5.41) is 26.6. The van der Waals surface area contributed by atoms with Crippen molar-refractivity contribution in [1.29, 1.82) is 0 Å². The molecule has 1 saturated carbocycles. The van der Waals surface area contributed by atoms with Gasteiger partial charge in [0.15, 0.2) is 23.1 Å². The molecule has 1 fully saturated rings. The van der Waals surface area contributed by atoms with Crippen LogP contribution in [0.5, 0.6) is 5.75 Å². The van der Waals surface area contributed by atoms with Crippen LogP contribution in [0.1, 0.15) is 27.4 Å². The van der Waals surface area contributed by atoms with Gasteiger partial charge in [0.2, 0.25) is 5.91 Å². The van der Waals surface area contributed by atoms with E-state index in [9.17, 15) is 14.7 Å². The summed E-state index contributed by atoms with van der Waals surface area (Å²) in [7, 11) is -1.15. The largest absolute Gasteiger partial charge is 0.494 e. The summed E-state index contributed by atoms with van der Waals surface area (Å²) in [4.78, 5) is 27.9. The van der Waals surface area contributed by atoms with Gasteiger partial charge in [-0.3, -0.25) is 9.48 Å². The Morgan fingerprint density at radius 2 is 2.10 bits per heavy atom. The second kappa shape index (κ2) is 9.17. The zero-order valence-corrected chi connectivity index (χ0v) is 19.5. The number of carbonyl (C=O) groups excluding carboxylic acids is 1. The van der Waals surface area contributed by atoms with Crippen molar-refractivity contribution in [3.63, 3.8) is 0 Å². The van der Waals surface area contributed by atoms with E-state index in [1.54, 1.807) is 19.2 Å². The fraction of sp³-hybridized carbons (Fsp3) is 0.263. The molecule has 2 heterocycles. The molecule has 0 saturated heterocycles. The Labute approximate surface area is 194 Å². The average Bonchev–Trinajstić information content (AvgIpc) is 3.49. The van der Waals surface area contributed by atoms with Crippen LogP contribution in [0.3, 0.4) is 0 Å². The summed E-state index contributed by atoms with van der Waals surface area (Å²) in [5.41, 5.74) is -0.0466.